The second-order valence-corrected chi connectivity index (χ2v) is 7.07. The minimum atomic E-state index is -0.367. The molecule has 0 saturated heterocycles. The van der Waals surface area contributed by atoms with Crippen LogP contribution in [-0.4, -0.2) is 22.9 Å². The quantitative estimate of drug-likeness (QED) is 0.849. The smallest absolute Gasteiger partial charge is 0.319 e. The van der Waals surface area contributed by atoms with E-state index >= 15 is 0 Å². The minimum absolute atomic E-state index is 0.0521. The number of nitrogens with one attached hydrogen (secondary N) is 2. The summed E-state index contributed by atoms with van der Waals surface area (Å²) in [5.41, 5.74) is 1.31. The third-order valence-corrected chi connectivity index (χ3v) is 4.86. The molecule has 0 spiro atoms. The molecule has 0 aliphatic carbocycles. The van der Waals surface area contributed by atoms with Crippen molar-refractivity contribution in [3.8, 4) is 5.88 Å². The van der Waals surface area contributed by atoms with Crippen molar-refractivity contribution in [1.29, 1.82) is 0 Å². The van der Waals surface area contributed by atoms with Crippen LogP contribution in [0.1, 0.15) is 31.9 Å². The van der Waals surface area contributed by atoms with Crippen LogP contribution < -0.4 is 15.4 Å². The van der Waals surface area contributed by atoms with E-state index in [1.807, 2.05) is 19.9 Å². The maximum atomic E-state index is 13.9. The molecule has 25 heavy (non-hydrogen) atoms. The summed E-state index contributed by atoms with van der Waals surface area (Å²) in [4.78, 5) is 17.2. The predicted octanol–water partition coefficient (Wildman–Crippen LogP) is 4.37. The third-order valence-electron chi connectivity index (χ3n) is 3.70. The number of urea groups is 1. The second-order valence-electron chi connectivity index (χ2n) is 5.97. The van der Waals surface area contributed by atoms with Crippen molar-refractivity contribution < 1.29 is 13.9 Å². The summed E-state index contributed by atoms with van der Waals surface area (Å²) in [7, 11) is 0. The second kappa shape index (κ2) is 7.74. The Morgan fingerprint density at radius 1 is 1.36 bits per heavy atom. The van der Waals surface area contributed by atoms with Gasteiger partial charge in [-0.15, -0.1) is 11.8 Å². The SMILES string of the molecule is CC(C)Oc1ncccc1NC(=O)NC1CCSc2c(F)cccc21. The number of nitrogens with zero attached hydrogens (tertiary/aromatic N) is 1. The standard InChI is InChI=1S/C18H20FN3O2S/c1-11(2)24-17-15(7-4-9-20-17)22-18(23)21-14-8-10-25-16-12(14)5-3-6-13(16)19/h3-7,9,11,14H,8,10H2,1-2H3,(H2,21,22,23). The number of pyridine rings is 1. The van der Waals surface area contributed by atoms with Gasteiger partial charge in [-0.25, -0.2) is 14.2 Å². The number of ether oxygens (including phenoxy) is 1. The molecule has 7 heteroatoms. The van der Waals surface area contributed by atoms with Gasteiger partial charge in [0.05, 0.1) is 12.1 Å². The molecule has 1 aliphatic rings. The fraction of sp³-hybridized carbons (Fsp3) is 0.333. The van der Waals surface area contributed by atoms with Crippen molar-refractivity contribution in [2.24, 2.45) is 0 Å². The summed E-state index contributed by atoms with van der Waals surface area (Å²) >= 11 is 1.48. The Balaban J connectivity index is 1.72. The Hall–Kier alpha value is -2.28. The molecule has 1 unspecified atom stereocenters. The molecule has 2 amide bonds. The van der Waals surface area contributed by atoms with E-state index in [2.05, 4.69) is 15.6 Å². The van der Waals surface area contributed by atoms with E-state index in [-0.39, 0.29) is 24.0 Å². The summed E-state index contributed by atoms with van der Waals surface area (Å²) in [5, 5.41) is 5.69. The molecule has 0 fully saturated rings. The van der Waals surface area contributed by atoms with E-state index in [1.54, 1.807) is 24.4 Å². The summed E-state index contributed by atoms with van der Waals surface area (Å²) in [5.74, 6) is 0.889. The minimum Gasteiger partial charge on any atom is -0.473 e. The molecular formula is C18H20FN3O2S. The molecule has 0 saturated carbocycles. The summed E-state index contributed by atoms with van der Waals surface area (Å²) < 4.78 is 19.5. The van der Waals surface area contributed by atoms with Crippen molar-refractivity contribution in [1.82, 2.24) is 10.3 Å². The highest BCUT2D eigenvalue weighted by molar-refractivity contribution is 7.99. The Morgan fingerprint density at radius 2 is 2.20 bits per heavy atom. The number of halogens is 1. The van der Waals surface area contributed by atoms with Crippen molar-refractivity contribution in [2.45, 2.75) is 37.3 Å². The third kappa shape index (κ3) is 4.22. The Bertz CT molecular complexity index is 770. The molecule has 1 aromatic heterocycles. The van der Waals surface area contributed by atoms with Crippen LogP contribution in [0.25, 0.3) is 0 Å². The average molecular weight is 361 g/mol. The number of thioether (sulfide) groups is 1. The number of amides is 2. The zero-order valence-corrected chi connectivity index (χ0v) is 14.9. The normalized spacial score (nSPS) is 16.2. The molecule has 1 atom stereocenters. The monoisotopic (exact) mass is 361 g/mol. The first kappa shape index (κ1) is 17.5. The number of anilines is 1. The zero-order chi connectivity index (χ0) is 17.8. The van der Waals surface area contributed by atoms with Crippen LogP contribution in [0.15, 0.2) is 41.4 Å². The lowest BCUT2D eigenvalue weighted by atomic mass is 10.0. The van der Waals surface area contributed by atoms with E-state index in [1.165, 1.54) is 17.8 Å². The number of hydrogen-bond donors (Lipinski definition) is 2. The Morgan fingerprint density at radius 3 is 3.00 bits per heavy atom. The van der Waals surface area contributed by atoms with Gasteiger partial charge in [-0.3, -0.25) is 0 Å². The highest BCUT2D eigenvalue weighted by Crippen LogP contribution is 2.37. The number of carbonyl (C=O) groups excluding carboxylic acids is 1. The van der Waals surface area contributed by atoms with Crippen molar-refractivity contribution in [2.75, 3.05) is 11.1 Å². The van der Waals surface area contributed by atoms with Crippen LogP contribution in [0.2, 0.25) is 0 Å². The van der Waals surface area contributed by atoms with E-state index < -0.39 is 0 Å². The number of benzene rings is 1. The molecule has 5 nitrogen and oxygen atoms in total. The van der Waals surface area contributed by atoms with Crippen LogP contribution in [0.5, 0.6) is 5.88 Å². The van der Waals surface area contributed by atoms with Gasteiger partial charge >= 0.3 is 6.03 Å². The van der Waals surface area contributed by atoms with E-state index in [9.17, 15) is 9.18 Å². The summed E-state index contributed by atoms with van der Waals surface area (Å²) in [6, 6.07) is 7.83. The van der Waals surface area contributed by atoms with Gasteiger partial charge < -0.3 is 15.4 Å². The zero-order valence-electron chi connectivity index (χ0n) is 14.1. The highest BCUT2D eigenvalue weighted by atomic mass is 32.2. The van der Waals surface area contributed by atoms with E-state index in [4.69, 9.17) is 4.74 Å². The highest BCUT2D eigenvalue weighted by Gasteiger charge is 2.24. The van der Waals surface area contributed by atoms with Crippen molar-refractivity contribution in [3.05, 3.63) is 47.9 Å². The van der Waals surface area contributed by atoms with E-state index in [0.29, 0.717) is 16.5 Å². The summed E-state index contributed by atoms with van der Waals surface area (Å²) in [6.07, 6.45) is 2.30. The van der Waals surface area contributed by atoms with Gasteiger partial charge in [-0.1, -0.05) is 12.1 Å². The van der Waals surface area contributed by atoms with Crippen LogP contribution in [0.4, 0.5) is 14.9 Å². The van der Waals surface area contributed by atoms with Gasteiger partial charge in [0.15, 0.2) is 0 Å². The molecular weight excluding hydrogens is 341 g/mol. The number of rotatable bonds is 4. The van der Waals surface area contributed by atoms with Gasteiger partial charge in [0.1, 0.15) is 11.5 Å². The van der Waals surface area contributed by atoms with Crippen LogP contribution in [0.3, 0.4) is 0 Å². The number of carbonyl (C=O) groups is 1. The maximum Gasteiger partial charge on any atom is 0.319 e. The van der Waals surface area contributed by atoms with Crippen molar-refractivity contribution >= 4 is 23.5 Å². The first-order valence-corrected chi connectivity index (χ1v) is 9.13. The number of hydrogen-bond acceptors (Lipinski definition) is 4. The van der Waals surface area contributed by atoms with Crippen LogP contribution in [0, 0.1) is 5.82 Å². The van der Waals surface area contributed by atoms with Crippen LogP contribution in [-0.2, 0) is 0 Å². The lowest BCUT2D eigenvalue weighted by Gasteiger charge is -2.26. The average Bonchev–Trinajstić information content (AvgIpc) is 2.57. The molecule has 3 rings (SSSR count). The van der Waals surface area contributed by atoms with Gasteiger partial charge in [-0.05, 0) is 44.0 Å². The van der Waals surface area contributed by atoms with Gasteiger partial charge in [-0.2, -0.15) is 0 Å². The van der Waals surface area contributed by atoms with E-state index in [0.717, 1.165) is 17.7 Å². The number of fused-ring (bicyclic) bond motifs is 1. The van der Waals surface area contributed by atoms with Gasteiger partial charge in [0.25, 0.3) is 0 Å². The predicted molar refractivity (Wildman–Crippen MR) is 96.6 cm³/mol. The first-order valence-electron chi connectivity index (χ1n) is 8.15. The molecule has 2 heterocycles. The molecule has 1 aliphatic heterocycles. The lowest BCUT2D eigenvalue weighted by Crippen LogP contribution is -2.34. The largest absolute Gasteiger partial charge is 0.473 e. The molecule has 1 aromatic carbocycles. The first-order chi connectivity index (χ1) is 12.0. The molecule has 0 radical (unpaired) electrons. The Labute approximate surface area is 150 Å². The summed E-state index contributed by atoms with van der Waals surface area (Å²) in [6.45, 7) is 3.79. The molecule has 132 valence electrons. The lowest BCUT2D eigenvalue weighted by molar-refractivity contribution is 0.232. The fourth-order valence-corrected chi connectivity index (χ4v) is 3.80. The maximum absolute atomic E-state index is 13.9. The van der Waals surface area contributed by atoms with Crippen molar-refractivity contribution in [3.63, 3.8) is 0 Å². The molecule has 0 bridgehead atoms. The molecule has 2 N–H and O–H groups in total. The fourth-order valence-electron chi connectivity index (χ4n) is 2.66. The molecule has 2 aromatic rings. The van der Waals surface area contributed by atoms with Gasteiger partial charge in [0.2, 0.25) is 5.88 Å². The Kier molecular flexibility index (Phi) is 5.43. The number of aromatic nitrogens is 1. The van der Waals surface area contributed by atoms with Gasteiger partial charge in [0, 0.05) is 16.8 Å². The topological polar surface area (TPSA) is 63.2 Å². The van der Waals surface area contributed by atoms with Crippen LogP contribution >= 0.6 is 11.8 Å².